The molecule has 2 aromatic carbocycles. The lowest BCUT2D eigenvalue weighted by Crippen LogP contribution is -2.34. The van der Waals surface area contributed by atoms with E-state index in [9.17, 15) is 13.2 Å². The highest BCUT2D eigenvalue weighted by Crippen LogP contribution is 2.37. The number of ether oxygens (including phenoxy) is 3. The summed E-state index contributed by atoms with van der Waals surface area (Å²) in [6.07, 6.45) is 5.42. The highest BCUT2D eigenvalue weighted by molar-refractivity contribution is 7.90. The Labute approximate surface area is 249 Å². The molecule has 0 radical (unpaired) electrons. The summed E-state index contributed by atoms with van der Waals surface area (Å²) in [6, 6.07) is 11.2. The van der Waals surface area contributed by atoms with Gasteiger partial charge in [-0.1, -0.05) is 6.92 Å². The molecule has 6 rings (SSSR count). The van der Waals surface area contributed by atoms with Crippen molar-refractivity contribution in [2.75, 3.05) is 26.2 Å². The highest BCUT2D eigenvalue weighted by atomic mass is 32.2. The molecule has 0 spiro atoms. The summed E-state index contributed by atoms with van der Waals surface area (Å²) in [5, 5.41) is 0. The fourth-order valence-electron chi connectivity index (χ4n) is 5.46. The molecule has 1 aliphatic carbocycles. The van der Waals surface area contributed by atoms with Crippen molar-refractivity contribution in [3.05, 3.63) is 77.6 Å². The zero-order valence-corrected chi connectivity index (χ0v) is 24.5. The van der Waals surface area contributed by atoms with Crippen molar-refractivity contribution in [3.63, 3.8) is 0 Å². The second-order valence-electron chi connectivity index (χ2n) is 11.4. The van der Waals surface area contributed by atoms with Crippen LogP contribution in [-0.4, -0.2) is 56.1 Å². The molecule has 12 heteroatoms. The van der Waals surface area contributed by atoms with Gasteiger partial charge in [-0.3, -0.25) is 14.7 Å². The van der Waals surface area contributed by atoms with Gasteiger partial charge in [-0.15, -0.1) is 0 Å². The maximum atomic E-state index is 15.0. The molecule has 2 saturated heterocycles. The van der Waals surface area contributed by atoms with Gasteiger partial charge in [0.1, 0.15) is 23.2 Å². The smallest absolute Gasteiger partial charge is 0.268 e. The number of sulfonamides is 1. The molecule has 1 aromatic heterocycles. The standard InChI is InChI=1S/C31H33F2N3O6S/c1-2-26(25-11-7-22(17-34-25)40-18-20-3-4-20)41-27-12-10-24(28(32)29(27)33)30(37)35-43(38,39)23-8-5-21(6-9-23)42-31-13-15-36(19-31)16-14-31/h5-12,17,20,26H,2-4,13-16,18-19H2,1H3,(H,35,37). The number of nitrogens with one attached hydrogen (secondary N) is 1. The average Bonchev–Trinajstić information content (AvgIpc) is 3.64. The van der Waals surface area contributed by atoms with Gasteiger partial charge in [0.2, 0.25) is 5.82 Å². The molecule has 1 atom stereocenters. The van der Waals surface area contributed by atoms with Gasteiger partial charge in [0.15, 0.2) is 11.6 Å². The Bertz CT molecular complexity index is 1590. The molecule has 228 valence electrons. The SMILES string of the molecule is CCC(Oc1ccc(C(=O)NS(=O)(=O)c2ccc(OC34CCN(CC3)C4)cc2)c(F)c1F)c1ccc(OCC2CC2)cn1. The van der Waals surface area contributed by atoms with Crippen LogP contribution >= 0.6 is 0 Å². The molecule has 43 heavy (non-hydrogen) atoms. The number of fused-ring (bicyclic) bond motifs is 2. The first-order chi connectivity index (χ1) is 20.6. The van der Waals surface area contributed by atoms with Crippen LogP contribution < -0.4 is 18.9 Å². The summed E-state index contributed by atoms with van der Waals surface area (Å²) < 4.78 is 75.1. The maximum Gasteiger partial charge on any atom is 0.268 e. The van der Waals surface area contributed by atoms with Crippen molar-refractivity contribution in [3.8, 4) is 17.2 Å². The molecule has 1 unspecified atom stereocenters. The third kappa shape index (κ3) is 6.45. The molecule has 3 aliphatic rings. The molecule has 1 amide bonds. The van der Waals surface area contributed by atoms with Crippen molar-refractivity contribution in [1.29, 1.82) is 0 Å². The molecule has 3 fully saturated rings. The normalized spacial score (nSPS) is 21.8. The fraction of sp³-hybridized carbons (Fsp3) is 0.419. The van der Waals surface area contributed by atoms with E-state index in [0.29, 0.717) is 36.1 Å². The van der Waals surface area contributed by atoms with Crippen molar-refractivity contribution in [2.24, 2.45) is 5.92 Å². The second kappa shape index (κ2) is 11.7. The molecule has 9 nitrogen and oxygen atoms in total. The molecule has 2 aliphatic heterocycles. The van der Waals surface area contributed by atoms with E-state index in [1.807, 2.05) is 4.72 Å². The van der Waals surface area contributed by atoms with Crippen molar-refractivity contribution < 1.29 is 36.2 Å². The largest absolute Gasteiger partial charge is 0.492 e. The van der Waals surface area contributed by atoms with E-state index >= 15 is 8.78 Å². The zero-order chi connectivity index (χ0) is 30.2. The van der Waals surface area contributed by atoms with Gasteiger partial charge in [0.05, 0.1) is 29.0 Å². The van der Waals surface area contributed by atoms with Crippen LogP contribution in [0.2, 0.25) is 0 Å². The van der Waals surface area contributed by atoms with Gasteiger partial charge >= 0.3 is 0 Å². The van der Waals surface area contributed by atoms with Crippen LogP contribution in [0.25, 0.3) is 0 Å². The molecule has 1 saturated carbocycles. The number of benzene rings is 2. The molecule has 3 aromatic rings. The predicted octanol–water partition coefficient (Wildman–Crippen LogP) is 5.02. The van der Waals surface area contributed by atoms with E-state index in [1.54, 1.807) is 25.3 Å². The summed E-state index contributed by atoms with van der Waals surface area (Å²) in [5.41, 5.74) is -0.532. The van der Waals surface area contributed by atoms with Gasteiger partial charge in [-0.25, -0.2) is 17.5 Å². The minimum atomic E-state index is -4.37. The van der Waals surface area contributed by atoms with Gasteiger partial charge in [-0.05, 0) is 73.7 Å². The van der Waals surface area contributed by atoms with Crippen LogP contribution in [0.5, 0.6) is 17.2 Å². The van der Waals surface area contributed by atoms with Crippen molar-refractivity contribution >= 4 is 15.9 Å². The van der Waals surface area contributed by atoms with Crippen LogP contribution in [0.1, 0.15) is 61.2 Å². The molecule has 3 heterocycles. The number of hydrogen-bond donors (Lipinski definition) is 1. The Morgan fingerprint density at radius 2 is 1.77 bits per heavy atom. The summed E-state index contributed by atoms with van der Waals surface area (Å²) in [5.74, 6) is -2.94. The van der Waals surface area contributed by atoms with Crippen LogP contribution in [0.15, 0.2) is 59.6 Å². The first-order valence-corrected chi connectivity index (χ1v) is 15.9. The number of aromatic nitrogens is 1. The lowest BCUT2D eigenvalue weighted by molar-refractivity contribution is 0.0967. The van der Waals surface area contributed by atoms with E-state index in [0.717, 1.165) is 44.6 Å². The lowest BCUT2D eigenvalue weighted by Gasteiger charge is -2.26. The number of piperidine rings is 1. The van der Waals surface area contributed by atoms with E-state index in [-0.39, 0.29) is 10.5 Å². The molecule has 2 bridgehead atoms. The lowest BCUT2D eigenvalue weighted by atomic mass is 10.00. The summed E-state index contributed by atoms with van der Waals surface area (Å²) in [7, 11) is -4.37. The number of carbonyl (C=O) groups is 1. The molecular weight excluding hydrogens is 580 g/mol. The minimum Gasteiger partial charge on any atom is -0.492 e. The number of carbonyl (C=O) groups excluding carboxylic acids is 1. The van der Waals surface area contributed by atoms with Crippen molar-refractivity contribution in [1.82, 2.24) is 14.6 Å². The van der Waals surface area contributed by atoms with Crippen LogP contribution in [0.4, 0.5) is 8.78 Å². The topological polar surface area (TPSA) is 107 Å². The van der Waals surface area contributed by atoms with Crippen LogP contribution in [-0.2, 0) is 10.0 Å². The van der Waals surface area contributed by atoms with E-state index < -0.39 is 45.0 Å². The average molecular weight is 614 g/mol. The van der Waals surface area contributed by atoms with E-state index in [4.69, 9.17) is 14.2 Å². The first kappa shape index (κ1) is 29.3. The quantitative estimate of drug-likeness (QED) is 0.304. The van der Waals surface area contributed by atoms with Crippen molar-refractivity contribution in [2.45, 2.75) is 55.6 Å². The number of amides is 1. The second-order valence-corrected chi connectivity index (χ2v) is 13.1. The number of pyridine rings is 1. The highest BCUT2D eigenvalue weighted by Gasteiger charge is 2.45. The Kier molecular flexibility index (Phi) is 7.99. The Morgan fingerprint density at radius 1 is 1.05 bits per heavy atom. The van der Waals surface area contributed by atoms with Gasteiger partial charge in [0, 0.05) is 32.5 Å². The van der Waals surface area contributed by atoms with Gasteiger partial charge in [-0.2, -0.15) is 4.39 Å². The maximum absolute atomic E-state index is 15.0. The number of hydrogen-bond acceptors (Lipinski definition) is 8. The summed E-state index contributed by atoms with van der Waals surface area (Å²) in [6.45, 7) is 5.24. The Hall–Kier alpha value is -3.77. The first-order valence-electron chi connectivity index (χ1n) is 14.5. The molecular formula is C31H33F2N3O6S. The van der Waals surface area contributed by atoms with E-state index in [2.05, 4.69) is 9.88 Å². The number of rotatable bonds is 12. The zero-order valence-electron chi connectivity index (χ0n) is 23.7. The van der Waals surface area contributed by atoms with Gasteiger partial charge < -0.3 is 14.2 Å². The minimum absolute atomic E-state index is 0.215. The number of halogens is 2. The molecule has 1 N–H and O–H groups in total. The Balaban J connectivity index is 1.10. The third-order valence-electron chi connectivity index (χ3n) is 8.18. The van der Waals surface area contributed by atoms with Crippen LogP contribution in [0, 0.1) is 17.6 Å². The van der Waals surface area contributed by atoms with E-state index in [1.165, 1.54) is 37.1 Å². The number of nitrogens with zero attached hydrogens (tertiary/aromatic N) is 2. The Morgan fingerprint density at radius 3 is 2.37 bits per heavy atom. The predicted molar refractivity (Wildman–Crippen MR) is 153 cm³/mol. The van der Waals surface area contributed by atoms with Crippen LogP contribution in [0.3, 0.4) is 0 Å². The summed E-state index contributed by atoms with van der Waals surface area (Å²) in [4.78, 5) is 19.2. The summed E-state index contributed by atoms with van der Waals surface area (Å²) >= 11 is 0. The fourth-order valence-corrected chi connectivity index (χ4v) is 6.43. The third-order valence-corrected chi connectivity index (χ3v) is 9.52. The van der Waals surface area contributed by atoms with Gasteiger partial charge in [0.25, 0.3) is 15.9 Å². The monoisotopic (exact) mass is 613 g/mol.